The molecule has 5 heteroatoms. The molecule has 1 fully saturated rings. The maximum absolute atomic E-state index is 13.7. The van der Waals surface area contributed by atoms with Crippen molar-refractivity contribution >= 4 is 11.8 Å². The summed E-state index contributed by atoms with van der Waals surface area (Å²) in [4.78, 5) is 33.7. The monoisotopic (exact) mass is 405 g/mol. The van der Waals surface area contributed by atoms with Crippen LogP contribution in [0.3, 0.4) is 0 Å². The first-order valence-corrected chi connectivity index (χ1v) is 11.2. The number of nitrogens with one attached hydrogen (secondary N) is 1. The van der Waals surface area contributed by atoms with E-state index >= 15 is 0 Å². The van der Waals surface area contributed by atoms with Crippen LogP contribution in [0.2, 0.25) is 0 Å². The average Bonchev–Trinajstić information content (AvgIpc) is 2.79. The molecule has 0 unspecified atom stereocenters. The van der Waals surface area contributed by atoms with Crippen molar-refractivity contribution in [2.75, 3.05) is 0 Å². The molecule has 2 atom stereocenters. The number of hydrogen-bond acceptors (Lipinski definition) is 3. The van der Waals surface area contributed by atoms with Gasteiger partial charge >= 0.3 is 0 Å². The molecule has 1 aromatic carbocycles. The first kappa shape index (κ1) is 20.6. The van der Waals surface area contributed by atoms with E-state index in [0.29, 0.717) is 12.1 Å². The van der Waals surface area contributed by atoms with E-state index in [2.05, 4.69) is 29.0 Å². The Kier molecular flexibility index (Phi) is 5.89. The van der Waals surface area contributed by atoms with Crippen LogP contribution in [-0.2, 0) is 11.3 Å². The zero-order valence-corrected chi connectivity index (χ0v) is 17.9. The molecular weight excluding hydrogens is 374 g/mol. The second kappa shape index (κ2) is 8.58. The van der Waals surface area contributed by atoms with Crippen molar-refractivity contribution in [1.82, 2.24) is 15.2 Å². The second-order valence-corrected chi connectivity index (χ2v) is 8.66. The van der Waals surface area contributed by atoms with Crippen LogP contribution in [0.5, 0.6) is 0 Å². The lowest BCUT2D eigenvalue weighted by Crippen LogP contribution is -2.64. The van der Waals surface area contributed by atoms with Gasteiger partial charge in [0.1, 0.15) is 0 Å². The number of aromatic nitrogens is 1. The predicted molar refractivity (Wildman–Crippen MR) is 117 cm³/mol. The van der Waals surface area contributed by atoms with Gasteiger partial charge in [-0.2, -0.15) is 0 Å². The smallest absolute Gasteiger partial charge is 0.254 e. The number of hydrogen-bond donors (Lipinski definition) is 1. The van der Waals surface area contributed by atoms with Gasteiger partial charge in [0, 0.05) is 17.8 Å². The molecule has 1 aliphatic heterocycles. The van der Waals surface area contributed by atoms with Crippen molar-refractivity contribution < 1.29 is 9.59 Å². The molecule has 158 valence electrons. The summed E-state index contributed by atoms with van der Waals surface area (Å²) in [5.41, 5.74) is 1.93. The summed E-state index contributed by atoms with van der Waals surface area (Å²) >= 11 is 0. The number of fused-ring (bicyclic) bond motifs is 1. The highest BCUT2D eigenvalue weighted by atomic mass is 16.2. The second-order valence-electron chi connectivity index (χ2n) is 8.66. The van der Waals surface area contributed by atoms with Gasteiger partial charge < -0.3 is 10.2 Å². The van der Waals surface area contributed by atoms with Gasteiger partial charge in [-0.15, -0.1) is 0 Å². The van der Waals surface area contributed by atoms with Crippen LogP contribution in [0, 0.1) is 0 Å². The number of rotatable bonds is 5. The van der Waals surface area contributed by atoms with Crippen LogP contribution in [-0.4, -0.2) is 33.3 Å². The van der Waals surface area contributed by atoms with Crippen molar-refractivity contribution in [3.8, 4) is 0 Å². The number of carbonyl (C=O) groups is 2. The Balaban J connectivity index is 1.76. The average molecular weight is 406 g/mol. The van der Waals surface area contributed by atoms with Gasteiger partial charge in [-0.1, -0.05) is 50.5 Å². The molecular formula is C25H31N3O2. The van der Waals surface area contributed by atoms with Gasteiger partial charge in [-0.05, 0) is 49.9 Å². The zero-order chi connectivity index (χ0) is 21.1. The van der Waals surface area contributed by atoms with Crippen LogP contribution in [0.1, 0.15) is 79.9 Å². The fourth-order valence-corrected chi connectivity index (χ4v) is 5.39. The molecule has 5 nitrogen and oxygen atoms in total. The summed E-state index contributed by atoms with van der Waals surface area (Å²) in [6.45, 7) is 4.63. The molecule has 2 aliphatic rings. The van der Waals surface area contributed by atoms with Crippen molar-refractivity contribution in [2.45, 2.75) is 76.4 Å². The van der Waals surface area contributed by atoms with Crippen LogP contribution < -0.4 is 5.32 Å². The molecule has 2 amide bonds. The topological polar surface area (TPSA) is 62.3 Å². The Bertz CT molecular complexity index is 906. The van der Waals surface area contributed by atoms with E-state index in [-0.39, 0.29) is 23.8 Å². The molecule has 30 heavy (non-hydrogen) atoms. The highest BCUT2D eigenvalue weighted by Crippen LogP contribution is 2.50. The fraction of sp³-hybridized carbons (Fsp3) is 0.480. The van der Waals surface area contributed by atoms with E-state index in [1.165, 1.54) is 0 Å². The highest BCUT2D eigenvalue weighted by Gasteiger charge is 2.55. The fourth-order valence-electron chi connectivity index (χ4n) is 5.39. The maximum Gasteiger partial charge on any atom is 0.254 e. The van der Waals surface area contributed by atoms with Gasteiger partial charge in [0.2, 0.25) is 5.91 Å². The van der Waals surface area contributed by atoms with Gasteiger partial charge in [-0.3, -0.25) is 14.6 Å². The molecule has 2 heterocycles. The number of pyridine rings is 1. The molecule has 0 radical (unpaired) electrons. The van der Waals surface area contributed by atoms with Crippen LogP contribution >= 0.6 is 0 Å². The quantitative estimate of drug-likeness (QED) is 0.800. The van der Waals surface area contributed by atoms with Crippen molar-refractivity contribution in [3.05, 3.63) is 65.5 Å². The van der Waals surface area contributed by atoms with E-state index in [9.17, 15) is 9.59 Å². The molecule has 4 rings (SSSR count). The van der Waals surface area contributed by atoms with E-state index in [1.54, 1.807) is 6.20 Å². The van der Waals surface area contributed by atoms with Crippen LogP contribution in [0.15, 0.2) is 48.7 Å². The number of carbonyl (C=O) groups excluding carboxylic acids is 2. The van der Waals surface area contributed by atoms with Gasteiger partial charge in [0.25, 0.3) is 5.91 Å². The Morgan fingerprint density at radius 1 is 1.17 bits per heavy atom. The highest BCUT2D eigenvalue weighted by molar-refractivity contribution is 6.02. The van der Waals surface area contributed by atoms with Crippen molar-refractivity contribution in [2.24, 2.45) is 0 Å². The molecule has 0 saturated heterocycles. The number of amides is 2. The normalized spacial score (nSPS) is 21.2. The van der Waals surface area contributed by atoms with Gasteiger partial charge in [0.15, 0.2) is 0 Å². The summed E-state index contributed by atoms with van der Waals surface area (Å²) in [6, 6.07) is 13.5. The molecule has 2 aromatic rings. The first-order chi connectivity index (χ1) is 14.6. The third-order valence-corrected chi connectivity index (χ3v) is 6.92. The molecule has 1 N–H and O–H groups in total. The standard InChI is InChI=1S/C25H31N3O2/c1-3-18(2)28-24(30)21-13-6-5-12-20(21)22(25(28)14-8-4-9-15-25)23(29)27-17-19-11-7-10-16-26-19/h5-7,10-13,16,18,22H,3-4,8-9,14-15,17H2,1-2H3,(H,27,29)/t18-,22+/m0/s1. The van der Waals surface area contributed by atoms with Gasteiger partial charge in [-0.25, -0.2) is 0 Å². The van der Waals surface area contributed by atoms with E-state index < -0.39 is 5.54 Å². The lowest BCUT2D eigenvalue weighted by molar-refractivity contribution is -0.128. The van der Waals surface area contributed by atoms with E-state index in [1.807, 2.05) is 42.5 Å². The Morgan fingerprint density at radius 2 is 1.90 bits per heavy atom. The lowest BCUT2D eigenvalue weighted by atomic mass is 9.64. The SMILES string of the molecule is CC[C@H](C)N1C(=O)c2ccccc2[C@H](C(=O)NCc2ccccn2)C12CCCCC2. The van der Waals surface area contributed by atoms with Crippen molar-refractivity contribution in [1.29, 1.82) is 0 Å². The molecule has 1 aliphatic carbocycles. The Morgan fingerprint density at radius 3 is 2.60 bits per heavy atom. The van der Waals surface area contributed by atoms with E-state index in [0.717, 1.165) is 49.8 Å². The molecule has 1 saturated carbocycles. The lowest BCUT2D eigenvalue weighted by Gasteiger charge is -2.55. The number of benzene rings is 1. The van der Waals surface area contributed by atoms with Crippen LogP contribution in [0.25, 0.3) is 0 Å². The first-order valence-electron chi connectivity index (χ1n) is 11.2. The van der Waals surface area contributed by atoms with Gasteiger partial charge in [0.05, 0.1) is 23.7 Å². The summed E-state index contributed by atoms with van der Waals surface area (Å²) in [6.07, 6.45) is 7.62. The number of nitrogens with zero attached hydrogens (tertiary/aromatic N) is 2. The summed E-state index contributed by atoms with van der Waals surface area (Å²) in [7, 11) is 0. The maximum atomic E-state index is 13.7. The van der Waals surface area contributed by atoms with Crippen LogP contribution in [0.4, 0.5) is 0 Å². The Hall–Kier alpha value is -2.69. The molecule has 1 aromatic heterocycles. The summed E-state index contributed by atoms with van der Waals surface area (Å²) in [5.74, 6) is -0.282. The van der Waals surface area contributed by atoms with E-state index in [4.69, 9.17) is 0 Å². The molecule has 0 bridgehead atoms. The summed E-state index contributed by atoms with van der Waals surface area (Å²) < 4.78 is 0. The third-order valence-electron chi connectivity index (χ3n) is 6.92. The zero-order valence-electron chi connectivity index (χ0n) is 17.9. The summed E-state index contributed by atoms with van der Waals surface area (Å²) in [5, 5.41) is 3.13. The predicted octanol–water partition coefficient (Wildman–Crippen LogP) is 4.44. The molecule has 1 spiro atoms. The minimum Gasteiger partial charge on any atom is -0.350 e. The largest absolute Gasteiger partial charge is 0.350 e. The third kappa shape index (κ3) is 3.51. The minimum absolute atomic E-state index is 0.00388. The van der Waals surface area contributed by atoms with Crippen molar-refractivity contribution in [3.63, 3.8) is 0 Å². The minimum atomic E-state index is -0.451. The Labute approximate surface area is 178 Å².